The minimum absolute atomic E-state index is 0.00122. The quantitative estimate of drug-likeness (QED) is 0.0366. The smallest absolute Gasteiger partial charge is 0.328 e. The Bertz CT molecular complexity index is 3380. The number of amides is 3. The van der Waals surface area contributed by atoms with Gasteiger partial charge in [-0.2, -0.15) is 0 Å². The molecule has 3 amide bonds. The number of halogens is 2. The van der Waals surface area contributed by atoms with E-state index < -0.39 is 35.8 Å². The lowest BCUT2D eigenvalue weighted by molar-refractivity contribution is -0.145. The highest BCUT2D eigenvalue weighted by molar-refractivity contribution is 9.10. The molecule has 402 valence electrons. The highest BCUT2D eigenvalue weighted by atomic mass is 79.9. The molecule has 8 aromatic carbocycles. The maximum absolute atomic E-state index is 13.6. The van der Waals surface area contributed by atoms with Crippen molar-refractivity contribution in [3.05, 3.63) is 231 Å². The first-order valence-corrected chi connectivity index (χ1v) is 27.3. The second-order valence-corrected chi connectivity index (χ2v) is 20.7. The first-order chi connectivity index (χ1) is 38.3. The Labute approximate surface area is 476 Å². The fraction of sp³-hybridized carbons (Fsp3) is 0.172. The number of esters is 1. The number of carboxylic acid groups (broad SMARTS) is 1. The Hall–Kier alpha value is -8.53. The van der Waals surface area contributed by atoms with Crippen molar-refractivity contribution in [1.82, 2.24) is 15.8 Å². The van der Waals surface area contributed by atoms with Gasteiger partial charge < -0.3 is 30.4 Å². The molecule has 0 saturated heterocycles. The summed E-state index contributed by atoms with van der Waals surface area (Å²) in [6.45, 7) is 0. The second-order valence-electron chi connectivity index (χ2n) is 18.8. The summed E-state index contributed by atoms with van der Waals surface area (Å²) in [6.07, 6.45) is 4.59. The normalized spacial score (nSPS) is 12.6. The number of ether oxygens (including phenoxy) is 3. The molecule has 1 fully saturated rings. The van der Waals surface area contributed by atoms with Gasteiger partial charge in [0.15, 0.2) is 6.04 Å². The lowest BCUT2D eigenvalue weighted by Gasteiger charge is -2.30. The summed E-state index contributed by atoms with van der Waals surface area (Å²) in [5, 5.41) is 14.0. The molecule has 15 heteroatoms. The molecule has 13 nitrogen and oxygen atoms in total. The fourth-order valence-electron chi connectivity index (χ4n) is 9.19. The molecule has 0 bridgehead atoms. The SMILES string of the molecule is COC(=O)[C@H](Cc1ccc(-c2ccccc2Oc2ccccc2)cc1)NC(=O)c1cc(Br)ccc1N.O=C(CC1CCCC1)NN(C(=O)c1cccc(Br)c1)[C@@H](Cc1ccc(-c2ccccc2Oc2ccccc2)cc1)C(=O)O. The monoisotopic (exact) mass is 1180 g/mol. The summed E-state index contributed by atoms with van der Waals surface area (Å²) in [6, 6.07) is 59.4. The van der Waals surface area contributed by atoms with Crippen molar-refractivity contribution < 1.29 is 43.3 Å². The average Bonchev–Trinajstić information content (AvgIpc) is 4.02. The zero-order valence-electron chi connectivity index (χ0n) is 43.2. The molecular formula is C64H58Br2N4O9. The molecule has 1 saturated carbocycles. The number of benzene rings is 8. The standard InChI is InChI=1S/C35H33BrN2O5.C29H25BrN2O4/c36-28-12-8-11-27(23-28)34(40)38(37-33(39)22-24-9-4-5-10-24)31(35(41)42)21-25-17-19-26(20-18-25)30-15-6-7-16-32(30)43-29-13-2-1-3-14-29;1-35-29(34)26(32-28(33)24-18-21(30)15-16-25(24)31)17-19-11-13-20(14-12-19)23-9-5-6-10-27(23)36-22-7-3-2-4-8-22/h1-3,6-8,11-20,23-24,31H,4-5,9-10,21-22H2,(H,37,39)(H,41,42);2-16,18,26H,17,31H2,1H3,(H,32,33)/t31-;26-/m00/s1. The number of nitrogen functional groups attached to an aromatic ring is 1. The average molecular weight is 1190 g/mol. The zero-order chi connectivity index (χ0) is 55.7. The van der Waals surface area contributed by atoms with E-state index in [-0.39, 0.29) is 42.2 Å². The molecule has 2 atom stereocenters. The van der Waals surface area contributed by atoms with Crippen LogP contribution in [-0.2, 0) is 32.0 Å². The molecule has 79 heavy (non-hydrogen) atoms. The van der Waals surface area contributed by atoms with Crippen LogP contribution in [0, 0.1) is 5.92 Å². The third-order valence-electron chi connectivity index (χ3n) is 13.2. The predicted octanol–water partition coefficient (Wildman–Crippen LogP) is 13.7. The van der Waals surface area contributed by atoms with Gasteiger partial charge in [0.2, 0.25) is 5.91 Å². The molecule has 0 radical (unpaired) electrons. The van der Waals surface area contributed by atoms with E-state index in [0.29, 0.717) is 25.9 Å². The van der Waals surface area contributed by atoms with Gasteiger partial charge in [0, 0.05) is 50.6 Å². The lowest BCUT2D eigenvalue weighted by atomic mass is 9.99. The number of carbonyl (C=O) groups excluding carboxylic acids is 4. The van der Waals surface area contributed by atoms with E-state index in [2.05, 4.69) is 42.6 Å². The van der Waals surface area contributed by atoms with E-state index >= 15 is 0 Å². The fourth-order valence-corrected chi connectivity index (χ4v) is 9.95. The number of carbonyl (C=O) groups is 5. The van der Waals surface area contributed by atoms with Crippen LogP contribution in [0.1, 0.15) is 63.9 Å². The van der Waals surface area contributed by atoms with Gasteiger partial charge in [-0.05, 0) is 114 Å². The molecule has 0 aliphatic heterocycles. The number of hydrogen-bond acceptors (Lipinski definition) is 9. The van der Waals surface area contributed by atoms with Crippen LogP contribution in [0.3, 0.4) is 0 Å². The van der Waals surface area contributed by atoms with Gasteiger partial charge in [0.25, 0.3) is 11.8 Å². The number of aliphatic carboxylic acids is 1. The Morgan fingerprint density at radius 3 is 1.67 bits per heavy atom. The van der Waals surface area contributed by atoms with Crippen LogP contribution < -0.4 is 25.9 Å². The summed E-state index contributed by atoms with van der Waals surface area (Å²) in [4.78, 5) is 64.6. The maximum atomic E-state index is 13.6. The Morgan fingerprint density at radius 2 is 1.14 bits per heavy atom. The first kappa shape index (κ1) is 56.7. The van der Waals surface area contributed by atoms with E-state index in [1.165, 1.54) is 7.11 Å². The van der Waals surface area contributed by atoms with Crippen molar-refractivity contribution in [2.24, 2.45) is 5.92 Å². The Morgan fingerprint density at radius 1 is 0.620 bits per heavy atom. The van der Waals surface area contributed by atoms with Gasteiger partial charge in [-0.1, -0.05) is 172 Å². The molecular weight excluding hydrogens is 1130 g/mol. The van der Waals surface area contributed by atoms with E-state index in [4.69, 9.17) is 19.9 Å². The molecule has 0 aromatic heterocycles. The van der Waals surface area contributed by atoms with Gasteiger partial charge in [-0.3, -0.25) is 19.8 Å². The van der Waals surface area contributed by atoms with E-state index in [1.54, 1.807) is 42.5 Å². The third-order valence-corrected chi connectivity index (χ3v) is 14.2. The molecule has 0 unspecified atom stereocenters. The summed E-state index contributed by atoms with van der Waals surface area (Å²) in [7, 11) is 1.29. The van der Waals surface area contributed by atoms with E-state index in [1.807, 2.05) is 158 Å². The number of nitrogens with one attached hydrogen (secondary N) is 2. The maximum Gasteiger partial charge on any atom is 0.328 e. The van der Waals surface area contributed by atoms with Crippen molar-refractivity contribution in [2.45, 2.75) is 57.0 Å². The number of para-hydroxylation sites is 4. The predicted molar refractivity (Wildman–Crippen MR) is 312 cm³/mol. The first-order valence-electron chi connectivity index (χ1n) is 25.7. The molecule has 9 rings (SSSR count). The Balaban J connectivity index is 0.000000211. The molecule has 8 aromatic rings. The molecule has 1 aliphatic carbocycles. The number of methoxy groups -OCH3 is 1. The van der Waals surface area contributed by atoms with Crippen LogP contribution in [0.15, 0.2) is 209 Å². The van der Waals surface area contributed by atoms with Gasteiger partial charge in [0.1, 0.15) is 29.0 Å². The summed E-state index contributed by atoms with van der Waals surface area (Å²) in [5.41, 5.74) is 14.7. The molecule has 0 heterocycles. The van der Waals surface area contributed by atoms with Crippen molar-refractivity contribution in [2.75, 3.05) is 12.8 Å². The largest absolute Gasteiger partial charge is 0.480 e. The number of hydrazine groups is 1. The van der Waals surface area contributed by atoms with E-state index in [9.17, 15) is 29.1 Å². The summed E-state index contributed by atoms with van der Waals surface area (Å²) < 4.78 is 18.5. The van der Waals surface area contributed by atoms with Crippen LogP contribution in [0.2, 0.25) is 0 Å². The lowest BCUT2D eigenvalue weighted by Crippen LogP contribution is -2.55. The van der Waals surface area contributed by atoms with E-state index in [0.717, 1.165) is 75.8 Å². The number of carboxylic acids is 1. The minimum Gasteiger partial charge on any atom is -0.480 e. The number of rotatable bonds is 18. The topological polar surface area (TPSA) is 187 Å². The molecule has 1 aliphatic rings. The minimum atomic E-state index is -1.32. The molecule has 0 spiro atoms. The number of hydrogen-bond donors (Lipinski definition) is 4. The van der Waals surface area contributed by atoms with Gasteiger partial charge >= 0.3 is 11.9 Å². The van der Waals surface area contributed by atoms with Gasteiger partial charge in [-0.15, -0.1) is 0 Å². The summed E-state index contributed by atoms with van der Waals surface area (Å²) in [5.74, 6) is 0.00991. The Kier molecular flexibility index (Phi) is 19.9. The van der Waals surface area contributed by atoms with Crippen LogP contribution in [0.4, 0.5) is 5.69 Å². The number of nitrogens with zero attached hydrogens (tertiary/aromatic N) is 1. The third kappa shape index (κ3) is 15.8. The highest BCUT2D eigenvalue weighted by Crippen LogP contribution is 2.35. The highest BCUT2D eigenvalue weighted by Gasteiger charge is 2.33. The van der Waals surface area contributed by atoms with Crippen molar-refractivity contribution >= 4 is 67.2 Å². The zero-order valence-corrected chi connectivity index (χ0v) is 46.4. The number of anilines is 1. The summed E-state index contributed by atoms with van der Waals surface area (Å²) >= 11 is 6.72. The van der Waals surface area contributed by atoms with Crippen LogP contribution >= 0.6 is 31.9 Å². The second kappa shape index (κ2) is 27.7. The van der Waals surface area contributed by atoms with Crippen LogP contribution in [0.25, 0.3) is 22.3 Å². The van der Waals surface area contributed by atoms with Crippen molar-refractivity contribution in [1.29, 1.82) is 0 Å². The van der Waals surface area contributed by atoms with Crippen molar-refractivity contribution in [3.63, 3.8) is 0 Å². The van der Waals surface area contributed by atoms with Crippen molar-refractivity contribution in [3.8, 4) is 45.3 Å². The van der Waals surface area contributed by atoms with Gasteiger partial charge in [-0.25, -0.2) is 14.6 Å². The number of nitrogens with two attached hydrogens (primary N) is 1. The van der Waals surface area contributed by atoms with Crippen LogP contribution in [0.5, 0.6) is 23.0 Å². The van der Waals surface area contributed by atoms with Crippen LogP contribution in [-0.4, -0.2) is 59.0 Å². The molecule has 5 N–H and O–H groups in total. The van der Waals surface area contributed by atoms with Gasteiger partial charge in [0.05, 0.1) is 12.7 Å².